The summed E-state index contributed by atoms with van der Waals surface area (Å²) in [6, 6.07) is 2.16. The number of hydrogen-bond acceptors (Lipinski definition) is 3. The highest BCUT2D eigenvalue weighted by Gasteiger charge is 2.21. The third kappa shape index (κ3) is 4.18. The third-order valence-electron chi connectivity index (χ3n) is 3.83. The summed E-state index contributed by atoms with van der Waals surface area (Å²) in [6.45, 7) is 11.0. The summed E-state index contributed by atoms with van der Waals surface area (Å²) in [4.78, 5) is 13.1. The van der Waals surface area contributed by atoms with Gasteiger partial charge in [-0.1, -0.05) is 12.6 Å². The molecule has 1 atom stereocenters. The van der Waals surface area contributed by atoms with E-state index in [1.807, 2.05) is 14.1 Å². The molecule has 0 saturated carbocycles. The molecule has 1 aromatic rings. The van der Waals surface area contributed by atoms with Gasteiger partial charge in [-0.05, 0) is 69.1 Å². The van der Waals surface area contributed by atoms with Crippen LogP contribution in [0.25, 0.3) is 0 Å². The Kier molecular flexibility index (Phi) is 6.16. The van der Waals surface area contributed by atoms with Crippen molar-refractivity contribution in [3.05, 3.63) is 40.5 Å². The van der Waals surface area contributed by atoms with Crippen molar-refractivity contribution in [2.75, 3.05) is 27.7 Å². The fourth-order valence-corrected chi connectivity index (χ4v) is 3.19. The maximum Gasteiger partial charge on any atom is 0.145 e. The molecule has 3 nitrogen and oxygen atoms in total. The van der Waals surface area contributed by atoms with Crippen molar-refractivity contribution in [3.63, 3.8) is 0 Å². The lowest BCUT2D eigenvalue weighted by molar-refractivity contribution is -0.105. The molecule has 0 bridgehead atoms. The molecule has 0 radical (unpaired) electrons. The number of methoxy groups -OCH3 is 1. The molecule has 0 aromatic heterocycles. The zero-order valence-corrected chi connectivity index (χ0v) is 14.1. The lowest BCUT2D eigenvalue weighted by Gasteiger charge is -2.26. The van der Waals surface area contributed by atoms with Gasteiger partial charge in [0, 0.05) is 12.5 Å². The molecule has 0 aliphatic heterocycles. The fraction of sp³-hybridized carbons (Fsp3) is 0.500. The van der Waals surface area contributed by atoms with E-state index < -0.39 is 0 Å². The number of ether oxygens (including phenoxy) is 1. The Bertz CT molecular complexity index is 533. The molecule has 0 unspecified atom stereocenters. The van der Waals surface area contributed by atoms with E-state index in [4.69, 9.17) is 4.74 Å². The highest BCUT2D eigenvalue weighted by atomic mass is 16.5. The maximum absolute atomic E-state index is 11.0. The summed E-state index contributed by atoms with van der Waals surface area (Å²) in [5.74, 6) is 1.18. The monoisotopic (exact) mass is 289 g/mol. The molecule has 0 amide bonds. The van der Waals surface area contributed by atoms with Crippen molar-refractivity contribution >= 4 is 6.29 Å². The molecule has 3 heteroatoms. The van der Waals surface area contributed by atoms with Crippen LogP contribution in [0, 0.1) is 20.8 Å². The van der Waals surface area contributed by atoms with E-state index in [2.05, 4.69) is 38.3 Å². The summed E-state index contributed by atoms with van der Waals surface area (Å²) in [7, 11) is 5.80. The molecule has 0 fully saturated rings. The van der Waals surface area contributed by atoms with Crippen LogP contribution in [0.5, 0.6) is 5.75 Å². The molecule has 0 saturated heterocycles. The van der Waals surface area contributed by atoms with Crippen LogP contribution in [0.3, 0.4) is 0 Å². The van der Waals surface area contributed by atoms with Crippen LogP contribution < -0.4 is 4.74 Å². The van der Waals surface area contributed by atoms with E-state index >= 15 is 0 Å². The first-order valence-electron chi connectivity index (χ1n) is 7.24. The van der Waals surface area contributed by atoms with E-state index in [0.717, 1.165) is 24.1 Å². The van der Waals surface area contributed by atoms with E-state index in [-0.39, 0.29) is 5.92 Å². The molecular weight excluding hydrogens is 262 g/mol. The smallest absolute Gasteiger partial charge is 0.145 e. The van der Waals surface area contributed by atoms with Crippen LogP contribution in [-0.4, -0.2) is 38.9 Å². The first-order chi connectivity index (χ1) is 9.81. The SMILES string of the molecule is C=C(C=O)C[C@@H](CN(C)C)c1c(C)cc(C)c(OC)c1C. The van der Waals surface area contributed by atoms with Gasteiger partial charge in [0.05, 0.1) is 7.11 Å². The van der Waals surface area contributed by atoms with Crippen molar-refractivity contribution < 1.29 is 9.53 Å². The molecule has 1 aromatic carbocycles. The minimum absolute atomic E-state index is 0.243. The average Bonchev–Trinajstić information content (AvgIpc) is 2.37. The zero-order chi connectivity index (χ0) is 16.2. The molecule has 0 spiro atoms. The Morgan fingerprint density at radius 2 is 1.95 bits per heavy atom. The van der Waals surface area contributed by atoms with Gasteiger partial charge in [-0.15, -0.1) is 0 Å². The van der Waals surface area contributed by atoms with Crippen LogP contribution in [-0.2, 0) is 4.79 Å². The number of aryl methyl sites for hydroxylation is 2. The Morgan fingerprint density at radius 3 is 2.43 bits per heavy atom. The Hall–Kier alpha value is -1.61. The molecule has 116 valence electrons. The number of carbonyl (C=O) groups is 1. The first kappa shape index (κ1) is 17.4. The Labute approximate surface area is 128 Å². The van der Waals surface area contributed by atoms with Gasteiger partial charge < -0.3 is 9.64 Å². The molecular formula is C18H27NO2. The van der Waals surface area contributed by atoms with Crippen LogP contribution in [0.15, 0.2) is 18.2 Å². The maximum atomic E-state index is 11.0. The Balaban J connectivity index is 3.35. The summed E-state index contributed by atoms with van der Waals surface area (Å²) >= 11 is 0. The van der Waals surface area contributed by atoms with Crippen LogP contribution in [0.2, 0.25) is 0 Å². The average molecular weight is 289 g/mol. The summed E-state index contributed by atoms with van der Waals surface area (Å²) in [5.41, 5.74) is 5.47. The second-order valence-electron chi connectivity index (χ2n) is 6.02. The molecule has 21 heavy (non-hydrogen) atoms. The summed E-state index contributed by atoms with van der Waals surface area (Å²) in [5, 5.41) is 0. The Morgan fingerprint density at radius 1 is 1.33 bits per heavy atom. The summed E-state index contributed by atoms with van der Waals surface area (Å²) in [6.07, 6.45) is 1.54. The highest BCUT2D eigenvalue weighted by molar-refractivity contribution is 5.72. The van der Waals surface area contributed by atoms with Gasteiger partial charge in [-0.25, -0.2) is 0 Å². The molecule has 1 rings (SSSR count). The van der Waals surface area contributed by atoms with Crippen LogP contribution >= 0.6 is 0 Å². The van der Waals surface area contributed by atoms with Gasteiger partial charge in [-0.3, -0.25) is 4.79 Å². The lowest BCUT2D eigenvalue weighted by atomic mass is 9.85. The lowest BCUT2D eigenvalue weighted by Crippen LogP contribution is -2.22. The molecule has 0 aliphatic carbocycles. The fourth-order valence-electron chi connectivity index (χ4n) is 3.19. The van der Waals surface area contributed by atoms with Crippen molar-refractivity contribution in [3.8, 4) is 5.75 Å². The van der Waals surface area contributed by atoms with Crippen molar-refractivity contribution in [2.45, 2.75) is 33.1 Å². The number of aldehydes is 1. The normalized spacial score (nSPS) is 12.3. The number of hydrogen-bond donors (Lipinski definition) is 0. The number of rotatable bonds is 7. The first-order valence-corrected chi connectivity index (χ1v) is 7.24. The van der Waals surface area contributed by atoms with Crippen molar-refractivity contribution in [1.29, 1.82) is 0 Å². The summed E-state index contributed by atoms with van der Waals surface area (Å²) < 4.78 is 5.55. The highest BCUT2D eigenvalue weighted by Crippen LogP contribution is 2.36. The van der Waals surface area contributed by atoms with Gasteiger partial charge in [0.2, 0.25) is 0 Å². The quantitative estimate of drug-likeness (QED) is 0.569. The zero-order valence-electron chi connectivity index (χ0n) is 14.1. The van der Waals surface area contributed by atoms with Gasteiger partial charge >= 0.3 is 0 Å². The minimum Gasteiger partial charge on any atom is -0.496 e. The number of allylic oxidation sites excluding steroid dienone is 1. The van der Waals surface area contributed by atoms with E-state index in [0.29, 0.717) is 12.0 Å². The topological polar surface area (TPSA) is 29.5 Å². The van der Waals surface area contributed by atoms with E-state index in [1.165, 1.54) is 16.7 Å². The number of carbonyl (C=O) groups excluding carboxylic acids is 1. The van der Waals surface area contributed by atoms with Crippen LogP contribution in [0.4, 0.5) is 0 Å². The molecule has 0 heterocycles. The van der Waals surface area contributed by atoms with Gasteiger partial charge in [0.15, 0.2) is 0 Å². The number of benzene rings is 1. The number of likely N-dealkylation sites (N-methyl/N-ethyl adjacent to an activating group) is 1. The van der Waals surface area contributed by atoms with Crippen molar-refractivity contribution in [1.82, 2.24) is 4.90 Å². The van der Waals surface area contributed by atoms with Gasteiger partial charge in [-0.2, -0.15) is 0 Å². The van der Waals surface area contributed by atoms with Crippen LogP contribution in [0.1, 0.15) is 34.6 Å². The second kappa shape index (κ2) is 7.41. The predicted molar refractivity (Wildman–Crippen MR) is 88.3 cm³/mol. The second-order valence-corrected chi connectivity index (χ2v) is 6.02. The predicted octanol–water partition coefficient (Wildman–Crippen LogP) is 3.41. The molecule has 0 N–H and O–H groups in total. The van der Waals surface area contributed by atoms with E-state index in [9.17, 15) is 4.79 Å². The standard InChI is InChI=1S/C18H27NO2/c1-12(11-20)8-16(10-19(5)6)17-13(2)9-14(3)18(21-7)15(17)4/h9,11,16H,1,8,10H2,2-7H3/t16-/m0/s1. The van der Waals surface area contributed by atoms with E-state index in [1.54, 1.807) is 7.11 Å². The largest absolute Gasteiger partial charge is 0.496 e. The minimum atomic E-state index is 0.243. The van der Waals surface area contributed by atoms with Gasteiger partial charge in [0.1, 0.15) is 12.0 Å². The third-order valence-corrected chi connectivity index (χ3v) is 3.83. The number of nitrogens with zero attached hydrogens (tertiary/aromatic N) is 1. The van der Waals surface area contributed by atoms with Gasteiger partial charge in [0.25, 0.3) is 0 Å². The molecule has 0 aliphatic rings. The van der Waals surface area contributed by atoms with Crippen molar-refractivity contribution in [2.24, 2.45) is 0 Å².